The molecule has 0 unspecified atom stereocenters. The Hall–Kier alpha value is -1.26. The lowest BCUT2D eigenvalue weighted by Crippen LogP contribution is -2.14. The fourth-order valence-electron chi connectivity index (χ4n) is 2.32. The van der Waals surface area contributed by atoms with E-state index in [4.69, 9.17) is 0 Å². The molecule has 1 fully saturated rings. The summed E-state index contributed by atoms with van der Waals surface area (Å²) in [7, 11) is 0. The van der Waals surface area contributed by atoms with E-state index in [1.54, 1.807) is 0 Å². The highest BCUT2D eigenvalue weighted by Gasteiger charge is 2.19. The fraction of sp³-hybridized carbons (Fsp3) is 0.471. The van der Waals surface area contributed by atoms with Gasteiger partial charge >= 0.3 is 0 Å². The minimum atomic E-state index is 0.471. The van der Waals surface area contributed by atoms with Crippen LogP contribution in [0.2, 0.25) is 0 Å². The lowest BCUT2D eigenvalue weighted by molar-refractivity contribution is 0.584. The summed E-state index contributed by atoms with van der Waals surface area (Å²) >= 11 is 1.87. The molecule has 0 saturated heterocycles. The second-order valence-electron chi connectivity index (χ2n) is 5.97. The van der Waals surface area contributed by atoms with Crippen molar-refractivity contribution < 1.29 is 0 Å². The minimum absolute atomic E-state index is 0.471. The lowest BCUT2D eigenvalue weighted by atomic mass is 10.2. The molecule has 0 spiro atoms. The van der Waals surface area contributed by atoms with Crippen LogP contribution in [0.3, 0.4) is 0 Å². The number of rotatable bonds is 7. The van der Waals surface area contributed by atoms with Gasteiger partial charge in [0.05, 0.1) is 6.33 Å². The van der Waals surface area contributed by atoms with Crippen molar-refractivity contribution >= 4 is 11.8 Å². The first-order valence-electron chi connectivity index (χ1n) is 7.68. The molecule has 1 N–H and O–H groups in total. The topological polar surface area (TPSA) is 29.9 Å². The zero-order chi connectivity index (χ0) is 14.7. The second kappa shape index (κ2) is 6.67. The van der Waals surface area contributed by atoms with E-state index in [0.717, 1.165) is 18.3 Å². The molecule has 112 valence electrons. The largest absolute Gasteiger partial charge is 0.331 e. The standard InChI is InChI=1S/C17H23N3S/c1-13(2)20-12-18-10-16(20)11-21-17-7-3-14(4-8-17)9-19-15-5-6-15/h3-4,7-8,10,12-13,15,19H,5-6,9,11H2,1-2H3. The highest BCUT2D eigenvalue weighted by Crippen LogP contribution is 2.24. The molecule has 1 aliphatic rings. The molecular formula is C17H23N3S. The smallest absolute Gasteiger partial charge is 0.0950 e. The molecule has 0 aliphatic heterocycles. The zero-order valence-corrected chi connectivity index (χ0v) is 13.6. The van der Waals surface area contributed by atoms with Gasteiger partial charge in [-0.3, -0.25) is 0 Å². The van der Waals surface area contributed by atoms with Gasteiger partial charge in [0.25, 0.3) is 0 Å². The van der Waals surface area contributed by atoms with Crippen LogP contribution < -0.4 is 5.32 Å². The van der Waals surface area contributed by atoms with Gasteiger partial charge in [-0.05, 0) is 44.4 Å². The van der Waals surface area contributed by atoms with Crippen LogP contribution >= 0.6 is 11.8 Å². The summed E-state index contributed by atoms with van der Waals surface area (Å²) in [5, 5.41) is 3.55. The van der Waals surface area contributed by atoms with Crippen LogP contribution in [0.4, 0.5) is 0 Å². The van der Waals surface area contributed by atoms with Crippen LogP contribution in [-0.2, 0) is 12.3 Å². The molecule has 1 aromatic carbocycles. The fourth-order valence-corrected chi connectivity index (χ4v) is 3.19. The molecular weight excluding hydrogens is 278 g/mol. The molecule has 1 saturated carbocycles. The quantitative estimate of drug-likeness (QED) is 0.784. The van der Waals surface area contributed by atoms with E-state index in [1.165, 1.54) is 29.0 Å². The third-order valence-electron chi connectivity index (χ3n) is 3.78. The van der Waals surface area contributed by atoms with Gasteiger partial charge in [0.1, 0.15) is 0 Å². The van der Waals surface area contributed by atoms with Crippen LogP contribution in [0.5, 0.6) is 0 Å². The molecule has 1 aliphatic carbocycles. The van der Waals surface area contributed by atoms with Crippen molar-refractivity contribution in [2.75, 3.05) is 0 Å². The second-order valence-corrected chi connectivity index (χ2v) is 7.02. The predicted molar refractivity (Wildman–Crippen MR) is 88.5 cm³/mol. The molecule has 0 atom stereocenters. The Balaban J connectivity index is 1.53. The summed E-state index contributed by atoms with van der Waals surface area (Å²) in [6.07, 6.45) is 6.59. The van der Waals surface area contributed by atoms with Gasteiger partial charge in [0, 0.05) is 41.2 Å². The average molecular weight is 301 g/mol. The number of nitrogens with one attached hydrogen (secondary N) is 1. The Kier molecular flexibility index (Phi) is 4.66. The van der Waals surface area contributed by atoms with Crippen molar-refractivity contribution in [2.24, 2.45) is 0 Å². The van der Waals surface area contributed by atoms with Crippen LogP contribution in [-0.4, -0.2) is 15.6 Å². The van der Waals surface area contributed by atoms with Crippen LogP contribution in [0, 0.1) is 0 Å². The molecule has 0 bridgehead atoms. The van der Waals surface area contributed by atoms with Crippen molar-refractivity contribution in [3.63, 3.8) is 0 Å². The third-order valence-corrected chi connectivity index (χ3v) is 4.83. The van der Waals surface area contributed by atoms with Crippen molar-refractivity contribution in [1.82, 2.24) is 14.9 Å². The Morgan fingerprint density at radius 2 is 2.05 bits per heavy atom. The SMILES string of the molecule is CC(C)n1cncc1CSc1ccc(CNC2CC2)cc1. The summed E-state index contributed by atoms with van der Waals surface area (Å²) < 4.78 is 2.24. The Labute approximate surface area is 131 Å². The molecule has 1 aromatic heterocycles. The molecule has 0 amide bonds. The highest BCUT2D eigenvalue weighted by molar-refractivity contribution is 7.98. The van der Waals surface area contributed by atoms with Crippen molar-refractivity contribution in [2.45, 2.75) is 56.0 Å². The van der Waals surface area contributed by atoms with E-state index in [-0.39, 0.29) is 0 Å². The van der Waals surface area contributed by atoms with E-state index >= 15 is 0 Å². The summed E-state index contributed by atoms with van der Waals surface area (Å²) in [5.74, 6) is 0.970. The van der Waals surface area contributed by atoms with Crippen LogP contribution in [0.15, 0.2) is 41.7 Å². The number of thioether (sulfide) groups is 1. The average Bonchev–Trinajstić information content (AvgIpc) is 3.19. The zero-order valence-electron chi connectivity index (χ0n) is 12.7. The van der Waals surface area contributed by atoms with Crippen molar-refractivity contribution in [3.8, 4) is 0 Å². The number of nitrogens with zero attached hydrogens (tertiary/aromatic N) is 2. The molecule has 2 aromatic rings. The van der Waals surface area contributed by atoms with E-state index in [9.17, 15) is 0 Å². The molecule has 3 rings (SSSR count). The molecule has 3 nitrogen and oxygen atoms in total. The maximum Gasteiger partial charge on any atom is 0.0950 e. The maximum atomic E-state index is 4.26. The lowest BCUT2D eigenvalue weighted by Gasteiger charge is -2.11. The van der Waals surface area contributed by atoms with E-state index in [0.29, 0.717) is 6.04 Å². The first-order valence-corrected chi connectivity index (χ1v) is 8.67. The van der Waals surface area contributed by atoms with E-state index in [2.05, 4.69) is 53.0 Å². The van der Waals surface area contributed by atoms with Crippen molar-refractivity contribution in [1.29, 1.82) is 0 Å². The number of hydrogen-bond donors (Lipinski definition) is 1. The van der Waals surface area contributed by atoms with Gasteiger partial charge in [-0.15, -0.1) is 11.8 Å². The summed E-state index contributed by atoms with van der Waals surface area (Å²) in [4.78, 5) is 5.58. The third kappa shape index (κ3) is 4.11. The van der Waals surface area contributed by atoms with Crippen LogP contribution in [0.25, 0.3) is 0 Å². The summed E-state index contributed by atoms with van der Waals surface area (Å²) in [5.41, 5.74) is 2.66. The summed E-state index contributed by atoms with van der Waals surface area (Å²) in [6, 6.07) is 10.2. The monoisotopic (exact) mass is 301 g/mol. The summed E-state index contributed by atoms with van der Waals surface area (Å²) in [6.45, 7) is 5.38. The maximum absolute atomic E-state index is 4.26. The molecule has 1 heterocycles. The van der Waals surface area contributed by atoms with Gasteiger partial charge in [-0.1, -0.05) is 12.1 Å². The van der Waals surface area contributed by atoms with Crippen LogP contribution in [0.1, 0.15) is 44.0 Å². The Bertz CT molecular complexity index is 570. The minimum Gasteiger partial charge on any atom is -0.331 e. The predicted octanol–water partition coefficient (Wildman–Crippen LogP) is 4.01. The van der Waals surface area contributed by atoms with Gasteiger partial charge in [0.2, 0.25) is 0 Å². The number of benzene rings is 1. The van der Waals surface area contributed by atoms with Gasteiger partial charge < -0.3 is 9.88 Å². The van der Waals surface area contributed by atoms with Gasteiger partial charge in [-0.25, -0.2) is 4.98 Å². The Morgan fingerprint density at radius 3 is 2.71 bits per heavy atom. The number of imidazole rings is 1. The Morgan fingerprint density at radius 1 is 1.29 bits per heavy atom. The van der Waals surface area contributed by atoms with E-state index < -0.39 is 0 Å². The molecule has 0 radical (unpaired) electrons. The number of hydrogen-bond acceptors (Lipinski definition) is 3. The van der Waals surface area contributed by atoms with Gasteiger partial charge in [0.15, 0.2) is 0 Å². The number of aromatic nitrogens is 2. The normalized spacial score (nSPS) is 14.8. The van der Waals surface area contributed by atoms with E-state index in [1.807, 2.05) is 24.3 Å². The molecule has 4 heteroatoms. The van der Waals surface area contributed by atoms with Gasteiger partial charge in [-0.2, -0.15) is 0 Å². The highest BCUT2D eigenvalue weighted by atomic mass is 32.2. The molecule has 21 heavy (non-hydrogen) atoms. The van der Waals surface area contributed by atoms with Crippen molar-refractivity contribution in [3.05, 3.63) is 48.0 Å². The first-order chi connectivity index (χ1) is 10.2. The first kappa shape index (κ1) is 14.7.